The summed E-state index contributed by atoms with van der Waals surface area (Å²) in [6.45, 7) is 6.77. The van der Waals surface area contributed by atoms with Gasteiger partial charge < -0.3 is 4.74 Å². The molecule has 2 aliphatic rings. The van der Waals surface area contributed by atoms with E-state index in [4.69, 9.17) is 4.74 Å². The lowest BCUT2D eigenvalue weighted by atomic mass is 9.80. The summed E-state index contributed by atoms with van der Waals surface area (Å²) in [4.78, 5) is 0. The first-order valence-corrected chi connectivity index (χ1v) is 5.49. The summed E-state index contributed by atoms with van der Waals surface area (Å²) in [5.74, 6) is 2.08. The van der Waals surface area contributed by atoms with Crippen molar-refractivity contribution in [3.05, 3.63) is 11.3 Å². The third kappa shape index (κ3) is 1.74. The molecule has 0 saturated carbocycles. The van der Waals surface area contributed by atoms with Gasteiger partial charge in [0, 0.05) is 6.42 Å². The van der Waals surface area contributed by atoms with E-state index < -0.39 is 0 Å². The molecule has 0 fully saturated rings. The van der Waals surface area contributed by atoms with Gasteiger partial charge in [-0.05, 0) is 51.0 Å². The molecular weight excluding hydrogens is 160 g/mol. The summed E-state index contributed by atoms with van der Waals surface area (Å²) in [5.41, 5.74) is 1.70. The SMILES string of the molecule is CC1CC(C)(C)OC2=C1CCCC2. The van der Waals surface area contributed by atoms with Gasteiger partial charge in [0.25, 0.3) is 0 Å². The highest BCUT2D eigenvalue weighted by Crippen LogP contribution is 2.41. The molecule has 1 aliphatic heterocycles. The van der Waals surface area contributed by atoms with Crippen LogP contribution in [0, 0.1) is 5.92 Å². The summed E-state index contributed by atoms with van der Waals surface area (Å²) in [6.07, 6.45) is 6.34. The van der Waals surface area contributed by atoms with E-state index in [0.29, 0.717) is 0 Å². The Labute approximate surface area is 81.2 Å². The molecule has 0 saturated heterocycles. The Bertz CT molecular complexity index is 238. The van der Waals surface area contributed by atoms with Crippen molar-refractivity contribution < 1.29 is 4.74 Å². The van der Waals surface area contributed by atoms with Gasteiger partial charge in [-0.1, -0.05) is 6.92 Å². The normalized spacial score (nSPS) is 32.4. The molecule has 0 N–H and O–H groups in total. The van der Waals surface area contributed by atoms with Crippen LogP contribution in [0.2, 0.25) is 0 Å². The molecule has 1 atom stereocenters. The van der Waals surface area contributed by atoms with E-state index in [2.05, 4.69) is 20.8 Å². The van der Waals surface area contributed by atoms with Crippen molar-refractivity contribution in [3.8, 4) is 0 Å². The van der Waals surface area contributed by atoms with Crippen LogP contribution in [0.5, 0.6) is 0 Å². The van der Waals surface area contributed by atoms with Crippen molar-refractivity contribution >= 4 is 0 Å². The summed E-state index contributed by atoms with van der Waals surface area (Å²) >= 11 is 0. The predicted octanol–water partition coefficient (Wildman–Crippen LogP) is 3.65. The van der Waals surface area contributed by atoms with Crippen molar-refractivity contribution in [2.75, 3.05) is 0 Å². The van der Waals surface area contributed by atoms with Gasteiger partial charge in [0.15, 0.2) is 0 Å². The second-order valence-electron chi connectivity index (χ2n) is 5.12. The molecule has 1 heteroatoms. The Morgan fingerprint density at radius 1 is 1.23 bits per heavy atom. The van der Waals surface area contributed by atoms with Crippen molar-refractivity contribution in [3.63, 3.8) is 0 Å². The minimum atomic E-state index is 0.0790. The Morgan fingerprint density at radius 3 is 2.69 bits per heavy atom. The molecule has 1 aliphatic carbocycles. The molecule has 0 radical (unpaired) electrons. The summed E-state index contributed by atoms with van der Waals surface area (Å²) in [5, 5.41) is 0. The summed E-state index contributed by atoms with van der Waals surface area (Å²) in [7, 11) is 0. The molecule has 74 valence electrons. The minimum absolute atomic E-state index is 0.0790. The van der Waals surface area contributed by atoms with E-state index >= 15 is 0 Å². The second-order valence-corrected chi connectivity index (χ2v) is 5.12. The smallest absolute Gasteiger partial charge is 0.104 e. The Kier molecular flexibility index (Phi) is 2.13. The van der Waals surface area contributed by atoms with Crippen molar-refractivity contribution in [1.82, 2.24) is 0 Å². The lowest BCUT2D eigenvalue weighted by Gasteiger charge is -2.40. The van der Waals surface area contributed by atoms with Crippen molar-refractivity contribution in [2.24, 2.45) is 5.92 Å². The highest BCUT2D eigenvalue weighted by atomic mass is 16.5. The summed E-state index contributed by atoms with van der Waals surface area (Å²) < 4.78 is 6.03. The van der Waals surface area contributed by atoms with Gasteiger partial charge in [-0.15, -0.1) is 0 Å². The van der Waals surface area contributed by atoms with Gasteiger partial charge in [-0.3, -0.25) is 0 Å². The Morgan fingerprint density at radius 2 is 1.92 bits per heavy atom. The van der Waals surface area contributed by atoms with E-state index in [9.17, 15) is 0 Å². The molecule has 0 bridgehead atoms. The molecule has 0 spiro atoms. The molecule has 0 aromatic heterocycles. The van der Waals surface area contributed by atoms with E-state index in [1.165, 1.54) is 37.9 Å². The zero-order chi connectivity index (χ0) is 9.47. The number of rotatable bonds is 0. The van der Waals surface area contributed by atoms with Crippen LogP contribution in [0.3, 0.4) is 0 Å². The molecule has 0 amide bonds. The fraction of sp³-hybridized carbons (Fsp3) is 0.833. The van der Waals surface area contributed by atoms with Gasteiger partial charge in [-0.2, -0.15) is 0 Å². The molecule has 1 heterocycles. The van der Waals surface area contributed by atoms with Gasteiger partial charge in [-0.25, -0.2) is 0 Å². The van der Waals surface area contributed by atoms with E-state index in [1.54, 1.807) is 5.57 Å². The van der Waals surface area contributed by atoms with Crippen LogP contribution in [0.25, 0.3) is 0 Å². The molecule has 2 rings (SSSR count). The summed E-state index contributed by atoms with van der Waals surface area (Å²) in [6, 6.07) is 0. The first-order chi connectivity index (χ1) is 6.08. The zero-order valence-electron chi connectivity index (χ0n) is 9.02. The van der Waals surface area contributed by atoms with Crippen LogP contribution in [-0.2, 0) is 4.74 Å². The van der Waals surface area contributed by atoms with Crippen LogP contribution in [0.1, 0.15) is 52.9 Å². The monoisotopic (exact) mass is 180 g/mol. The molecule has 1 nitrogen and oxygen atoms in total. The van der Waals surface area contributed by atoms with Crippen LogP contribution < -0.4 is 0 Å². The number of ether oxygens (including phenoxy) is 1. The van der Waals surface area contributed by atoms with E-state index in [0.717, 1.165) is 5.92 Å². The number of allylic oxidation sites excluding steroid dienone is 2. The maximum absolute atomic E-state index is 6.03. The van der Waals surface area contributed by atoms with Crippen LogP contribution in [-0.4, -0.2) is 5.60 Å². The topological polar surface area (TPSA) is 9.23 Å². The van der Waals surface area contributed by atoms with Crippen molar-refractivity contribution in [1.29, 1.82) is 0 Å². The molecule has 0 aromatic rings. The lowest BCUT2D eigenvalue weighted by Crippen LogP contribution is -2.33. The highest BCUT2D eigenvalue weighted by Gasteiger charge is 2.33. The lowest BCUT2D eigenvalue weighted by molar-refractivity contribution is -0.00986. The number of hydrogen-bond donors (Lipinski definition) is 0. The fourth-order valence-electron chi connectivity index (χ4n) is 2.77. The van der Waals surface area contributed by atoms with Crippen LogP contribution in [0.15, 0.2) is 11.3 Å². The first-order valence-electron chi connectivity index (χ1n) is 5.49. The van der Waals surface area contributed by atoms with Crippen LogP contribution >= 0.6 is 0 Å². The first kappa shape index (κ1) is 9.11. The van der Waals surface area contributed by atoms with Crippen molar-refractivity contribution in [2.45, 2.75) is 58.5 Å². The largest absolute Gasteiger partial charge is 0.492 e. The molecule has 13 heavy (non-hydrogen) atoms. The quantitative estimate of drug-likeness (QED) is 0.553. The van der Waals surface area contributed by atoms with Gasteiger partial charge in [0.1, 0.15) is 5.60 Å². The second kappa shape index (κ2) is 3.04. The molecule has 0 aromatic carbocycles. The van der Waals surface area contributed by atoms with E-state index in [1.807, 2.05) is 0 Å². The Hall–Kier alpha value is -0.460. The highest BCUT2D eigenvalue weighted by molar-refractivity contribution is 5.18. The third-order valence-electron chi connectivity index (χ3n) is 3.25. The zero-order valence-corrected chi connectivity index (χ0v) is 9.02. The minimum Gasteiger partial charge on any atom is -0.492 e. The van der Waals surface area contributed by atoms with Gasteiger partial charge in [0.05, 0.1) is 5.76 Å². The van der Waals surface area contributed by atoms with E-state index in [-0.39, 0.29) is 5.60 Å². The predicted molar refractivity (Wildman–Crippen MR) is 54.4 cm³/mol. The number of hydrogen-bond acceptors (Lipinski definition) is 1. The molecule has 1 unspecified atom stereocenters. The molecular formula is C12H20O. The van der Waals surface area contributed by atoms with Gasteiger partial charge >= 0.3 is 0 Å². The average Bonchev–Trinajstić information content (AvgIpc) is 2.02. The standard InChI is InChI=1S/C12H20O/c1-9-8-12(2,3)13-11-7-5-4-6-10(9)11/h9H,4-8H2,1-3H3. The fourth-order valence-corrected chi connectivity index (χ4v) is 2.77. The average molecular weight is 180 g/mol. The van der Waals surface area contributed by atoms with Crippen LogP contribution in [0.4, 0.5) is 0 Å². The van der Waals surface area contributed by atoms with Gasteiger partial charge in [0.2, 0.25) is 0 Å². The third-order valence-corrected chi connectivity index (χ3v) is 3.25. The Balaban J connectivity index is 2.25. The maximum Gasteiger partial charge on any atom is 0.104 e. The maximum atomic E-state index is 6.03.